The number of benzene rings is 7. The van der Waals surface area contributed by atoms with Crippen LogP contribution < -0.4 is 4.74 Å². The molecule has 0 atom stereocenters. The lowest BCUT2D eigenvalue weighted by atomic mass is 9.72. The fourth-order valence-corrected chi connectivity index (χ4v) is 7.47. The smallest absolute Gasteiger partial charge is 0.411 e. The monoisotopic (exact) mass is 1200 g/mol. The van der Waals surface area contributed by atoms with Crippen LogP contribution in [-0.4, -0.2) is 54.3 Å². The fourth-order valence-electron chi connectivity index (χ4n) is 6.48. The summed E-state index contributed by atoms with van der Waals surface area (Å²) in [6.07, 6.45) is -11.6. The highest BCUT2D eigenvalue weighted by Crippen LogP contribution is 2.56. The molecule has 0 heterocycles. The Morgan fingerprint density at radius 3 is 0.711 bits per heavy atom. The van der Waals surface area contributed by atoms with Crippen LogP contribution in [0.5, 0.6) is 11.5 Å². The molecule has 23 heteroatoms. The van der Waals surface area contributed by atoms with Gasteiger partial charge in [-0.25, -0.2) is 0 Å². The number of halogens is 14. The Balaban J connectivity index is 0.000000227. The Kier molecular flexibility index (Phi) is 22.6. The fraction of sp³-hybridized carbons (Fsp3) is 0.0566. The van der Waals surface area contributed by atoms with Crippen molar-refractivity contribution in [3.8, 4) is 22.6 Å². The van der Waals surface area contributed by atoms with Crippen LogP contribution in [-0.2, 0) is 5.41 Å². The molecule has 0 bridgehead atoms. The lowest BCUT2D eigenvalue weighted by molar-refractivity contribution is -0.288. The van der Waals surface area contributed by atoms with Crippen molar-refractivity contribution < 1.29 is 69.4 Å². The zero-order chi connectivity index (χ0) is 56.7. The number of carbonyl (C=O) groups excluding carboxylic acids is 8. The molecule has 0 spiro atoms. The van der Waals surface area contributed by atoms with E-state index in [2.05, 4.69) is 0 Å². The molecule has 0 aliphatic rings. The van der Waals surface area contributed by atoms with Gasteiger partial charge in [0, 0.05) is 44.5 Å². The van der Waals surface area contributed by atoms with E-state index in [0.717, 1.165) is 35.4 Å². The van der Waals surface area contributed by atoms with Crippen molar-refractivity contribution >= 4 is 135 Å². The number of ether oxygens (including phenoxy) is 1. The summed E-state index contributed by atoms with van der Waals surface area (Å²) in [7, 11) is 0. The second-order valence-electron chi connectivity index (χ2n) is 15.0. The van der Waals surface area contributed by atoms with Gasteiger partial charge in [0.05, 0.1) is 0 Å². The number of hydrogen-bond acceptors (Lipinski definition) is 9. The Morgan fingerprint density at radius 2 is 0.500 bits per heavy atom. The summed E-state index contributed by atoms with van der Waals surface area (Å²) >= 11 is 42.2. The van der Waals surface area contributed by atoms with E-state index < -0.39 is 70.8 Å². The van der Waals surface area contributed by atoms with Gasteiger partial charge < -0.3 is 4.74 Å². The van der Waals surface area contributed by atoms with Crippen molar-refractivity contribution in [2.75, 3.05) is 0 Å². The third kappa shape index (κ3) is 16.8. The van der Waals surface area contributed by atoms with Crippen molar-refractivity contribution in [3.05, 3.63) is 225 Å². The molecule has 0 aliphatic heterocycles. The molecule has 0 N–H and O–H groups in total. The van der Waals surface area contributed by atoms with Crippen LogP contribution in [0.2, 0.25) is 0 Å². The van der Waals surface area contributed by atoms with Gasteiger partial charge in [-0.05, 0) is 218 Å². The van der Waals surface area contributed by atoms with E-state index in [1.54, 1.807) is 103 Å². The average molecular weight is 1210 g/mol. The summed E-state index contributed by atoms with van der Waals surface area (Å²) in [4.78, 5) is 87.0. The lowest BCUT2D eigenvalue weighted by Crippen LogP contribution is -2.54. The topological polar surface area (TPSA) is 146 Å². The summed E-state index contributed by atoms with van der Waals surface area (Å²) < 4.78 is 88.7. The van der Waals surface area contributed by atoms with Gasteiger partial charge in [-0.2, -0.15) is 26.3 Å². The van der Waals surface area contributed by atoms with Gasteiger partial charge in [0.25, 0.3) is 41.9 Å². The SMILES string of the molecule is O=C(Cl)c1ccc(-c2ccc(C(=O)Cl)cc2)cc1.O=C(Cl)c1ccc(C(c2ccc(C(=O)Cl)cc2)(C(F)(F)F)C(F)(F)F)cc1.O=C(Cl)c1ccc(Oc2ccc(C(=O)Cl)cc2)cc1.O=C(Cl)c1cccc(C(=O)Cl)c1. The summed E-state index contributed by atoms with van der Waals surface area (Å²) in [5.74, 6) is 1.12. The molecule has 0 aromatic heterocycles. The molecule has 0 saturated heterocycles. The predicted molar refractivity (Wildman–Crippen MR) is 279 cm³/mol. The molecule has 0 fully saturated rings. The summed E-state index contributed by atoms with van der Waals surface area (Å²) in [5.41, 5.74) is -3.12. The first kappa shape index (κ1) is 62.1. The minimum Gasteiger partial charge on any atom is -0.457 e. The van der Waals surface area contributed by atoms with Crippen LogP contribution in [0.15, 0.2) is 170 Å². The molecular weight excluding hydrogens is 1180 g/mol. The first-order valence-corrected chi connectivity index (χ1v) is 23.7. The van der Waals surface area contributed by atoms with Gasteiger partial charge in [-0.1, -0.05) is 66.7 Å². The summed E-state index contributed by atoms with van der Waals surface area (Å²) in [6.45, 7) is 0. The Hall–Kier alpha value is -6.40. The molecule has 392 valence electrons. The van der Waals surface area contributed by atoms with Crippen molar-refractivity contribution in [1.82, 2.24) is 0 Å². The predicted octanol–water partition coefficient (Wildman–Crippen LogP) is 16.6. The Bertz CT molecular complexity index is 3030. The van der Waals surface area contributed by atoms with Crippen molar-refractivity contribution in [2.45, 2.75) is 17.8 Å². The van der Waals surface area contributed by atoms with E-state index in [9.17, 15) is 64.7 Å². The van der Waals surface area contributed by atoms with E-state index in [0.29, 0.717) is 58.0 Å². The highest BCUT2D eigenvalue weighted by atomic mass is 35.5. The van der Waals surface area contributed by atoms with Crippen LogP contribution in [0, 0.1) is 0 Å². The molecular formula is C53H28Cl8F6O9. The largest absolute Gasteiger partial charge is 0.457 e. The minimum atomic E-state index is -5.79. The van der Waals surface area contributed by atoms with Crippen LogP contribution in [0.3, 0.4) is 0 Å². The van der Waals surface area contributed by atoms with Gasteiger partial charge in [-0.3, -0.25) is 38.4 Å². The van der Waals surface area contributed by atoms with Crippen molar-refractivity contribution in [2.24, 2.45) is 0 Å². The average Bonchev–Trinajstić information content (AvgIpc) is 3.37. The minimum absolute atomic E-state index is 0.262. The molecule has 0 aliphatic carbocycles. The van der Waals surface area contributed by atoms with E-state index >= 15 is 0 Å². The normalized spacial score (nSPS) is 10.9. The third-order valence-corrected chi connectivity index (χ3v) is 12.0. The van der Waals surface area contributed by atoms with Crippen LogP contribution >= 0.6 is 92.8 Å². The molecule has 7 rings (SSSR count). The maximum Gasteiger partial charge on any atom is 0.411 e. The van der Waals surface area contributed by atoms with Gasteiger partial charge >= 0.3 is 12.4 Å². The van der Waals surface area contributed by atoms with E-state index in [1.165, 1.54) is 18.2 Å². The molecule has 7 aromatic carbocycles. The number of alkyl halides is 6. The second kappa shape index (κ2) is 27.6. The van der Waals surface area contributed by atoms with Gasteiger partial charge in [-0.15, -0.1) is 0 Å². The zero-order valence-corrected chi connectivity index (χ0v) is 43.7. The molecule has 76 heavy (non-hydrogen) atoms. The lowest BCUT2D eigenvalue weighted by Gasteiger charge is -2.38. The number of hydrogen-bond donors (Lipinski definition) is 0. The van der Waals surface area contributed by atoms with Crippen LogP contribution in [0.25, 0.3) is 11.1 Å². The van der Waals surface area contributed by atoms with Gasteiger partial charge in [0.2, 0.25) is 5.41 Å². The highest BCUT2D eigenvalue weighted by Gasteiger charge is 2.72. The molecule has 0 saturated carbocycles. The number of carbonyl (C=O) groups is 8. The first-order valence-electron chi connectivity index (χ1n) is 20.7. The summed E-state index contributed by atoms with van der Waals surface area (Å²) in [5, 5.41) is -5.26. The Morgan fingerprint density at radius 1 is 0.289 bits per heavy atom. The van der Waals surface area contributed by atoms with Crippen molar-refractivity contribution in [1.29, 1.82) is 0 Å². The van der Waals surface area contributed by atoms with Crippen molar-refractivity contribution in [3.63, 3.8) is 0 Å². The molecule has 7 aromatic rings. The Labute approximate surface area is 467 Å². The van der Waals surface area contributed by atoms with Crippen LogP contribution in [0.4, 0.5) is 26.3 Å². The molecule has 9 nitrogen and oxygen atoms in total. The maximum absolute atomic E-state index is 13.9. The zero-order valence-electron chi connectivity index (χ0n) is 37.6. The molecule has 0 amide bonds. The second-order valence-corrected chi connectivity index (χ2v) is 17.7. The maximum atomic E-state index is 13.9. The number of rotatable bonds is 13. The highest BCUT2D eigenvalue weighted by molar-refractivity contribution is 6.70. The molecule has 0 radical (unpaired) electrons. The molecule has 0 unspecified atom stereocenters. The van der Waals surface area contributed by atoms with Gasteiger partial charge in [0.15, 0.2) is 0 Å². The van der Waals surface area contributed by atoms with E-state index in [-0.39, 0.29) is 22.3 Å². The quantitative estimate of drug-likeness (QED) is 0.0813. The van der Waals surface area contributed by atoms with E-state index in [1.807, 2.05) is 0 Å². The standard InChI is InChI=1S/C17H8Cl2F6O2.C14H8Cl2O3.C14H8Cl2O2.C8H4Cl2O2/c18-13(26)9-1-5-11(6-2-9)15(16(20,21)22,17(23,24)25)12-7-3-10(4-8-12)14(19)27;15-13(17)9-1-5-11(6-2-9)19-12-7-3-10(4-8-12)14(16)18;15-13(17)11-5-1-9(2-6-11)10-3-7-12(8-4-10)14(16)18;9-7(11)5-2-1-3-6(4-5)8(10)12/h1-8H;1-8H;1-8H;1-4H. The first-order chi connectivity index (χ1) is 35.6. The van der Waals surface area contributed by atoms with E-state index in [4.69, 9.17) is 97.5 Å². The van der Waals surface area contributed by atoms with Gasteiger partial charge in [0.1, 0.15) is 11.5 Å². The van der Waals surface area contributed by atoms with Crippen LogP contribution in [0.1, 0.15) is 94.0 Å². The summed E-state index contributed by atoms with van der Waals surface area (Å²) in [6, 6.07) is 37.8. The third-order valence-electron chi connectivity index (χ3n) is 10.2.